The zero-order valence-electron chi connectivity index (χ0n) is 15.1. The predicted octanol–water partition coefficient (Wildman–Crippen LogP) is 4.77. The summed E-state index contributed by atoms with van der Waals surface area (Å²) >= 11 is 5.15. The second-order valence-electron chi connectivity index (χ2n) is 6.11. The number of hydrogen-bond acceptors (Lipinski definition) is 3. The molecule has 0 unspecified atom stereocenters. The summed E-state index contributed by atoms with van der Waals surface area (Å²) in [6, 6.07) is 16.1. The standard InChI is InChI=1S/C21H17F3N4S/c22-21(23,24)19-9-7-18(8-10-19)17-5-3-15(4-6-17)14-27-28-20(29)26-13-16-2-1-11-25-12-16/h1-12,14H,13H2,(H2,26,28,29). The van der Waals surface area contributed by atoms with Crippen LogP contribution in [0.25, 0.3) is 11.1 Å². The van der Waals surface area contributed by atoms with Gasteiger partial charge in [0.1, 0.15) is 0 Å². The number of nitrogens with zero attached hydrogens (tertiary/aromatic N) is 2. The van der Waals surface area contributed by atoms with Crippen LogP contribution in [0.3, 0.4) is 0 Å². The highest BCUT2D eigenvalue weighted by Gasteiger charge is 2.29. The Labute approximate surface area is 171 Å². The maximum atomic E-state index is 12.6. The topological polar surface area (TPSA) is 49.3 Å². The molecule has 1 aromatic heterocycles. The van der Waals surface area contributed by atoms with E-state index in [1.54, 1.807) is 18.6 Å². The van der Waals surface area contributed by atoms with Gasteiger partial charge in [-0.3, -0.25) is 10.4 Å². The van der Waals surface area contributed by atoms with E-state index < -0.39 is 11.7 Å². The fourth-order valence-electron chi connectivity index (χ4n) is 2.50. The van der Waals surface area contributed by atoms with Crippen molar-refractivity contribution in [3.05, 3.63) is 89.7 Å². The molecule has 0 aliphatic carbocycles. The monoisotopic (exact) mass is 414 g/mol. The van der Waals surface area contributed by atoms with E-state index in [0.29, 0.717) is 17.2 Å². The number of pyridine rings is 1. The molecule has 0 fully saturated rings. The van der Waals surface area contributed by atoms with E-state index in [2.05, 4.69) is 20.8 Å². The van der Waals surface area contributed by atoms with Gasteiger partial charge >= 0.3 is 6.18 Å². The fourth-order valence-corrected chi connectivity index (χ4v) is 2.63. The number of alkyl halides is 3. The highest BCUT2D eigenvalue weighted by atomic mass is 32.1. The van der Waals surface area contributed by atoms with Crippen LogP contribution >= 0.6 is 12.2 Å². The van der Waals surface area contributed by atoms with Gasteiger partial charge in [-0.25, -0.2) is 0 Å². The van der Waals surface area contributed by atoms with Crippen LogP contribution in [0.2, 0.25) is 0 Å². The van der Waals surface area contributed by atoms with E-state index in [-0.39, 0.29) is 0 Å². The minimum atomic E-state index is -4.33. The maximum absolute atomic E-state index is 12.6. The smallest absolute Gasteiger partial charge is 0.357 e. The number of thiocarbonyl (C=S) groups is 1. The molecular formula is C21H17F3N4S. The molecule has 1 heterocycles. The minimum absolute atomic E-state index is 0.381. The number of rotatable bonds is 5. The highest BCUT2D eigenvalue weighted by Crippen LogP contribution is 2.30. The van der Waals surface area contributed by atoms with Crippen LogP contribution in [-0.4, -0.2) is 16.3 Å². The van der Waals surface area contributed by atoms with Crippen molar-refractivity contribution >= 4 is 23.5 Å². The Morgan fingerprint density at radius 1 is 1.00 bits per heavy atom. The van der Waals surface area contributed by atoms with Crippen molar-refractivity contribution in [3.63, 3.8) is 0 Å². The van der Waals surface area contributed by atoms with Crippen molar-refractivity contribution in [1.82, 2.24) is 15.7 Å². The Morgan fingerprint density at radius 2 is 1.66 bits per heavy atom. The van der Waals surface area contributed by atoms with Crippen LogP contribution in [0.15, 0.2) is 78.2 Å². The average molecular weight is 414 g/mol. The molecule has 0 aliphatic heterocycles. The lowest BCUT2D eigenvalue weighted by Crippen LogP contribution is -2.31. The highest BCUT2D eigenvalue weighted by molar-refractivity contribution is 7.80. The third-order valence-electron chi connectivity index (χ3n) is 4.01. The van der Waals surface area contributed by atoms with Gasteiger partial charge in [-0.2, -0.15) is 18.3 Å². The summed E-state index contributed by atoms with van der Waals surface area (Å²) < 4.78 is 37.9. The Morgan fingerprint density at radius 3 is 2.24 bits per heavy atom. The SMILES string of the molecule is FC(F)(F)c1ccc(-c2ccc(C=NNC(=S)NCc3cccnc3)cc2)cc1. The van der Waals surface area contributed by atoms with E-state index in [9.17, 15) is 13.2 Å². The Hall–Kier alpha value is -3.26. The first-order chi connectivity index (χ1) is 13.9. The number of nitrogens with one attached hydrogen (secondary N) is 2. The Bertz CT molecular complexity index is 970. The summed E-state index contributed by atoms with van der Waals surface area (Å²) in [5.74, 6) is 0. The van der Waals surface area contributed by atoms with Crippen LogP contribution in [0.1, 0.15) is 16.7 Å². The molecule has 0 aliphatic rings. The first-order valence-electron chi connectivity index (χ1n) is 8.65. The normalized spacial score (nSPS) is 11.4. The summed E-state index contributed by atoms with van der Waals surface area (Å²) in [5.41, 5.74) is 5.42. The maximum Gasteiger partial charge on any atom is 0.416 e. The molecule has 0 spiro atoms. The van der Waals surface area contributed by atoms with Crippen molar-refractivity contribution in [1.29, 1.82) is 0 Å². The largest absolute Gasteiger partial charge is 0.416 e. The quantitative estimate of drug-likeness (QED) is 0.359. The molecule has 0 saturated heterocycles. The molecule has 0 atom stereocenters. The second kappa shape index (κ2) is 9.29. The summed E-state index contributed by atoms with van der Waals surface area (Å²) in [6.45, 7) is 0.539. The lowest BCUT2D eigenvalue weighted by atomic mass is 10.0. The summed E-state index contributed by atoms with van der Waals surface area (Å²) in [4.78, 5) is 4.03. The van der Waals surface area contributed by atoms with Gasteiger partial charge in [-0.15, -0.1) is 0 Å². The molecule has 29 heavy (non-hydrogen) atoms. The summed E-state index contributed by atoms with van der Waals surface area (Å²) in [5, 5.41) is 7.47. The third-order valence-corrected chi connectivity index (χ3v) is 4.25. The molecule has 0 amide bonds. The zero-order valence-corrected chi connectivity index (χ0v) is 16.0. The van der Waals surface area contributed by atoms with Crippen molar-refractivity contribution < 1.29 is 13.2 Å². The number of benzene rings is 2. The van der Waals surface area contributed by atoms with E-state index in [0.717, 1.165) is 28.8 Å². The number of halogens is 3. The molecule has 8 heteroatoms. The van der Waals surface area contributed by atoms with Crippen molar-refractivity contribution in [2.24, 2.45) is 5.10 Å². The van der Waals surface area contributed by atoms with Crippen LogP contribution in [0, 0.1) is 0 Å². The van der Waals surface area contributed by atoms with Gasteiger partial charge in [0, 0.05) is 18.9 Å². The van der Waals surface area contributed by atoms with Crippen molar-refractivity contribution in [2.75, 3.05) is 0 Å². The third kappa shape index (κ3) is 6.11. The fraction of sp³-hybridized carbons (Fsp3) is 0.0952. The van der Waals surface area contributed by atoms with Gasteiger partial charge < -0.3 is 5.32 Å². The molecule has 3 rings (SSSR count). The van der Waals surface area contributed by atoms with Gasteiger partial charge in [0.15, 0.2) is 5.11 Å². The van der Waals surface area contributed by atoms with E-state index in [1.165, 1.54) is 12.1 Å². The molecule has 0 saturated carbocycles. The van der Waals surface area contributed by atoms with Gasteiger partial charge in [-0.1, -0.05) is 42.5 Å². The van der Waals surface area contributed by atoms with Gasteiger partial charge in [-0.05, 0) is 52.7 Å². The van der Waals surface area contributed by atoms with Gasteiger partial charge in [0.25, 0.3) is 0 Å². The Kier molecular flexibility index (Phi) is 6.56. The number of hydrazone groups is 1. The van der Waals surface area contributed by atoms with Gasteiger partial charge in [0.2, 0.25) is 0 Å². The van der Waals surface area contributed by atoms with E-state index >= 15 is 0 Å². The first kappa shape index (κ1) is 20.5. The first-order valence-corrected chi connectivity index (χ1v) is 9.06. The molecular weight excluding hydrogens is 397 g/mol. The zero-order chi connectivity index (χ0) is 20.7. The molecule has 148 valence electrons. The van der Waals surface area contributed by atoms with E-state index in [1.807, 2.05) is 36.4 Å². The minimum Gasteiger partial charge on any atom is -0.357 e. The molecule has 2 aromatic carbocycles. The van der Waals surface area contributed by atoms with Crippen LogP contribution in [0.4, 0.5) is 13.2 Å². The molecule has 0 bridgehead atoms. The summed E-state index contributed by atoms with van der Waals surface area (Å²) in [7, 11) is 0. The molecule has 4 nitrogen and oxygen atoms in total. The Balaban J connectivity index is 1.53. The predicted molar refractivity (Wildman–Crippen MR) is 111 cm³/mol. The lowest BCUT2D eigenvalue weighted by molar-refractivity contribution is -0.137. The van der Waals surface area contributed by atoms with Crippen molar-refractivity contribution in [3.8, 4) is 11.1 Å². The van der Waals surface area contributed by atoms with Gasteiger partial charge in [0.05, 0.1) is 11.8 Å². The van der Waals surface area contributed by atoms with E-state index in [4.69, 9.17) is 12.2 Å². The lowest BCUT2D eigenvalue weighted by Gasteiger charge is -2.08. The summed E-state index contributed by atoms with van der Waals surface area (Å²) in [6.07, 6.45) is 0.720. The van der Waals surface area contributed by atoms with Crippen LogP contribution < -0.4 is 10.7 Å². The second-order valence-corrected chi connectivity index (χ2v) is 6.52. The molecule has 2 N–H and O–H groups in total. The number of hydrogen-bond donors (Lipinski definition) is 2. The molecule has 0 radical (unpaired) electrons. The van der Waals surface area contributed by atoms with Crippen molar-refractivity contribution in [2.45, 2.75) is 12.7 Å². The van der Waals surface area contributed by atoms with Crippen LogP contribution in [0.5, 0.6) is 0 Å². The number of aromatic nitrogens is 1. The average Bonchev–Trinajstić information content (AvgIpc) is 2.73. The molecule has 3 aromatic rings. The van der Waals surface area contributed by atoms with Crippen LogP contribution in [-0.2, 0) is 12.7 Å².